The zero-order valence-electron chi connectivity index (χ0n) is 14.3. The lowest BCUT2D eigenvalue weighted by molar-refractivity contribution is 0.690. The van der Waals surface area contributed by atoms with Crippen molar-refractivity contribution in [1.82, 2.24) is 24.9 Å². The van der Waals surface area contributed by atoms with Crippen molar-refractivity contribution < 1.29 is 0 Å². The number of rotatable bonds is 5. The third-order valence-corrected chi connectivity index (χ3v) is 4.99. The van der Waals surface area contributed by atoms with Gasteiger partial charge in [-0.3, -0.25) is 9.36 Å². The summed E-state index contributed by atoms with van der Waals surface area (Å²) in [6.07, 6.45) is 3.67. The summed E-state index contributed by atoms with van der Waals surface area (Å²) >= 11 is 17.7. The van der Waals surface area contributed by atoms with Gasteiger partial charge >= 0.3 is 0 Å². The molecule has 1 aromatic carbocycles. The summed E-state index contributed by atoms with van der Waals surface area (Å²) < 4.78 is 3.58. The van der Waals surface area contributed by atoms with Gasteiger partial charge in [-0.25, -0.2) is 0 Å². The van der Waals surface area contributed by atoms with E-state index in [2.05, 4.69) is 20.8 Å². The highest BCUT2D eigenvalue weighted by molar-refractivity contribution is 7.80. The highest BCUT2D eigenvalue weighted by Crippen LogP contribution is 2.25. The van der Waals surface area contributed by atoms with Crippen molar-refractivity contribution in [3.8, 4) is 0 Å². The van der Waals surface area contributed by atoms with Gasteiger partial charge in [0.25, 0.3) is 0 Å². The summed E-state index contributed by atoms with van der Waals surface area (Å²) in [5, 5.41) is 16.6. The number of benzene rings is 1. The van der Waals surface area contributed by atoms with Crippen LogP contribution in [-0.2, 0) is 20.1 Å². The van der Waals surface area contributed by atoms with Crippen LogP contribution < -0.4 is 10.6 Å². The van der Waals surface area contributed by atoms with E-state index in [0.29, 0.717) is 34.1 Å². The molecule has 2 aromatic heterocycles. The molecule has 0 unspecified atom stereocenters. The minimum Gasteiger partial charge on any atom is -0.358 e. The molecule has 0 spiro atoms. The maximum Gasteiger partial charge on any atom is 0.172 e. The highest BCUT2D eigenvalue weighted by Gasteiger charge is 2.09. The molecule has 9 heteroatoms. The number of hydrogen-bond donors (Lipinski definition) is 2. The normalized spacial score (nSPS) is 10.8. The summed E-state index contributed by atoms with van der Waals surface area (Å²) in [6.45, 7) is 3.10. The SMILES string of the molecule is Cc1c(CNC(=S)Nc2ccn(Cc3c(Cl)cccc3Cl)n2)cnn1C. The summed E-state index contributed by atoms with van der Waals surface area (Å²) in [5.74, 6) is 0.647. The monoisotopic (exact) mass is 408 g/mol. The topological polar surface area (TPSA) is 59.7 Å². The van der Waals surface area contributed by atoms with Crippen LogP contribution in [0.25, 0.3) is 0 Å². The van der Waals surface area contributed by atoms with Crippen LogP contribution in [0, 0.1) is 6.92 Å². The van der Waals surface area contributed by atoms with E-state index >= 15 is 0 Å². The Balaban J connectivity index is 1.58. The van der Waals surface area contributed by atoms with Gasteiger partial charge < -0.3 is 10.6 Å². The van der Waals surface area contributed by atoms with Crippen molar-refractivity contribution in [1.29, 1.82) is 0 Å². The highest BCUT2D eigenvalue weighted by atomic mass is 35.5. The molecule has 0 saturated heterocycles. The molecule has 136 valence electrons. The van der Waals surface area contributed by atoms with E-state index in [4.69, 9.17) is 35.4 Å². The molecule has 0 radical (unpaired) electrons. The Hall–Kier alpha value is -2.09. The van der Waals surface area contributed by atoms with Crippen LogP contribution in [0.4, 0.5) is 5.82 Å². The lowest BCUT2D eigenvalue weighted by Crippen LogP contribution is -2.28. The first kappa shape index (κ1) is 18.7. The lowest BCUT2D eigenvalue weighted by Gasteiger charge is -2.09. The second-order valence-electron chi connectivity index (χ2n) is 5.79. The van der Waals surface area contributed by atoms with E-state index < -0.39 is 0 Å². The van der Waals surface area contributed by atoms with Gasteiger partial charge in [0.1, 0.15) is 0 Å². The van der Waals surface area contributed by atoms with E-state index in [1.165, 1.54) is 0 Å². The fourth-order valence-corrected chi connectivity index (χ4v) is 3.11. The molecule has 0 aliphatic heterocycles. The molecule has 0 amide bonds. The van der Waals surface area contributed by atoms with Gasteiger partial charge in [-0.15, -0.1) is 0 Å². The van der Waals surface area contributed by atoms with Crippen LogP contribution >= 0.6 is 35.4 Å². The van der Waals surface area contributed by atoms with Crippen molar-refractivity contribution >= 4 is 46.4 Å². The largest absolute Gasteiger partial charge is 0.358 e. The third kappa shape index (κ3) is 4.35. The van der Waals surface area contributed by atoms with Gasteiger partial charge in [0.2, 0.25) is 0 Å². The van der Waals surface area contributed by atoms with Gasteiger partial charge in [-0.05, 0) is 31.3 Å². The molecule has 3 rings (SSSR count). The molecule has 0 aliphatic rings. The molecule has 26 heavy (non-hydrogen) atoms. The Bertz CT molecular complexity index is 913. The van der Waals surface area contributed by atoms with E-state index in [1.807, 2.05) is 55.3 Å². The molecular weight excluding hydrogens is 391 g/mol. The second kappa shape index (κ2) is 8.07. The molecule has 0 atom stereocenters. The van der Waals surface area contributed by atoms with Gasteiger partial charge in [0, 0.05) is 52.7 Å². The van der Waals surface area contributed by atoms with Crippen molar-refractivity contribution in [2.24, 2.45) is 7.05 Å². The number of thiocarbonyl (C=S) groups is 1. The minimum absolute atomic E-state index is 0.481. The number of aryl methyl sites for hydroxylation is 1. The van der Waals surface area contributed by atoms with Crippen LogP contribution in [-0.4, -0.2) is 24.7 Å². The van der Waals surface area contributed by atoms with Gasteiger partial charge in [-0.2, -0.15) is 10.2 Å². The molecule has 6 nitrogen and oxygen atoms in total. The predicted molar refractivity (Wildman–Crippen MR) is 109 cm³/mol. The molecule has 0 saturated carbocycles. The van der Waals surface area contributed by atoms with Crippen molar-refractivity contribution in [2.45, 2.75) is 20.0 Å². The lowest BCUT2D eigenvalue weighted by atomic mass is 10.2. The smallest absolute Gasteiger partial charge is 0.172 e. The molecule has 0 bridgehead atoms. The first-order valence-electron chi connectivity index (χ1n) is 7.92. The molecule has 0 aliphatic carbocycles. The summed E-state index contributed by atoms with van der Waals surface area (Å²) in [6, 6.07) is 7.28. The molecule has 2 heterocycles. The maximum absolute atomic E-state index is 6.21. The molecule has 3 aromatic rings. The number of anilines is 1. The molecule has 2 N–H and O–H groups in total. The van der Waals surface area contributed by atoms with Crippen LogP contribution in [0.3, 0.4) is 0 Å². The minimum atomic E-state index is 0.481. The number of nitrogens with zero attached hydrogens (tertiary/aromatic N) is 4. The standard InChI is InChI=1S/C17H18Cl2N6S/c1-11-12(9-21-24(11)2)8-20-17(26)22-16-6-7-25(23-16)10-13-14(18)4-3-5-15(13)19/h3-7,9H,8,10H2,1-2H3,(H2,20,22,23,26). The first-order chi connectivity index (χ1) is 12.4. The van der Waals surface area contributed by atoms with E-state index in [-0.39, 0.29) is 0 Å². The molecule has 0 fully saturated rings. The predicted octanol–water partition coefficient (Wildman–Crippen LogP) is 3.77. The van der Waals surface area contributed by atoms with Crippen molar-refractivity contribution in [2.75, 3.05) is 5.32 Å². The number of hydrogen-bond acceptors (Lipinski definition) is 3. The van der Waals surface area contributed by atoms with Gasteiger partial charge in [-0.1, -0.05) is 29.3 Å². The quantitative estimate of drug-likeness (QED) is 0.629. The Kier molecular flexibility index (Phi) is 5.80. The summed E-state index contributed by atoms with van der Waals surface area (Å²) in [5.41, 5.74) is 3.02. The van der Waals surface area contributed by atoms with E-state index in [1.54, 1.807) is 4.68 Å². The fourth-order valence-electron chi connectivity index (χ4n) is 2.42. The zero-order valence-corrected chi connectivity index (χ0v) is 16.7. The van der Waals surface area contributed by atoms with E-state index in [0.717, 1.165) is 16.8 Å². The maximum atomic E-state index is 6.21. The number of aromatic nitrogens is 4. The Morgan fingerprint density at radius 3 is 2.62 bits per heavy atom. The first-order valence-corrected chi connectivity index (χ1v) is 9.09. The van der Waals surface area contributed by atoms with Crippen molar-refractivity contribution in [3.05, 3.63) is 63.5 Å². The number of halogens is 2. The second-order valence-corrected chi connectivity index (χ2v) is 7.01. The average molecular weight is 409 g/mol. The summed E-state index contributed by atoms with van der Waals surface area (Å²) in [7, 11) is 1.91. The number of nitrogens with one attached hydrogen (secondary N) is 2. The zero-order chi connectivity index (χ0) is 18.7. The fraction of sp³-hybridized carbons (Fsp3) is 0.235. The molecular formula is C17H18Cl2N6S. The van der Waals surface area contributed by atoms with Gasteiger partial charge in [0.05, 0.1) is 12.7 Å². The van der Waals surface area contributed by atoms with Crippen LogP contribution in [0.5, 0.6) is 0 Å². The average Bonchev–Trinajstić information content (AvgIpc) is 3.17. The van der Waals surface area contributed by atoms with Gasteiger partial charge in [0.15, 0.2) is 10.9 Å². The van der Waals surface area contributed by atoms with Crippen LogP contribution in [0.1, 0.15) is 16.8 Å². The Morgan fingerprint density at radius 1 is 1.23 bits per heavy atom. The van der Waals surface area contributed by atoms with Crippen molar-refractivity contribution in [3.63, 3.8) is 0 Å². The summed E-state index contributed by atoms with van der Waals surface area (Å²) in [4.78, 5) is 0. The Morgan fingerprint density at radius 2 is 1.96 bits per heavy atom. The van der Waals surface area contributed by atoms with Crippen LogP contribution in [0.2, 0.25) is 10.0 Å². The Labute approximate surface area is 167 Å². The van der Waals surface area contributed by atoms with E-state index in [9.17, 15) is 0 Å². The third-order valence-electron chi connectivity index (χ3n) is 4.04. The van der Waals surface area contributed by atoms with Crippen LogP contribution in [0.15, 0.2) is 36.7 Å².